The molecule has 2 rings (SSSR count). The van der Waals surface area contributed by atoms with E-state index in [1.54, 1.807) is 11.6 Å². The molecule has 13 heavy (non-hydrogen) atoms. The first-order valence-electron chi connectivity index (χ1n) is 4.52. The number of aromatic nitrogens is 3. The molecule has 0 bridgehead atoms. The lowest BCUT2D eigenvalue weighted by Gasteiger charge is -1.96. The maximum absolute atomic E-state index is 11.6. The van der Waals surface area contributed by atoms with Gasteiger partial charge in [0, 0.05) is 13.1 Å². The molecule has 4 nitrogen and oxygen atoms in total. The van der Waals surface area contributed by atoms with Gasteiger partial charge in [-0.15, -0.1) is 0 Å². The molecule has 1 aliphatic carbocycles. The molecule has 1 aliphatic rings. The first-order valence-corrected chi connectivity index (χ1v) is 4.52. The molecular weight excluding hydrogens is 166 g/mol. The molecule has 0 aromatic carbocycles. The average molecular weight is 179 g/mol. The molecule has 0 N–H and O–H groups in total. The van der Waals surface area contributed by atoms with Crippen molar-refractivity contribution in [1.29, 1.82) is 0 Å². The van der Waals surface area contributed by atoms with Crippen molar-refractivity contribution in [1.82, 2.24) is 14.3 Å². The van der Waals surface area contributed by atoms with Gasteiger partial charge in [0.05, 0.1) is 0 Å². The highest BCUT2D eigenvalue weighted by Crippen LogP contribution is 2.34. The molecule has 4 heteroatoms. The van der Waals surface area contributed by atoms with Crippen molar-refractivity contribution in [2.24, 2.45) is 7.05 Å². The summed E-state index contributed by atoms with van der Waals surface area (Å²) in [4.78, 5) is 11.6. The third-order valence-electron chi connectivity index (χ3n) is 2.21. The fourth-order valence-corrected chi connectivity index (χ4v) is 1.44. The zero-order valence-corrected chi connectivity index (χ0v) is 7.90. The summed E-state index contributed by atoms with van der Waals surface area (Å²) in [5.41, 5.74) is -0.00407. The molecule has 1 saturated carbocycles. The highest BCUT2D eigenvalue weighted by atomic mass is 16.2. The predicted octanol–water partition coefficient (Wildman–Crippen LogP) is 0.950. The van der Waals surface area contributed by atoms with Crippen LogP contribution in [-0.2, 0) is 7.05 Å². The molecule has 0 unspecified atom stereocenters. The summed E-state index contributed by atoms with van der Waals surface area (Å²) in [6, 6.07) is 0.396. The van der Waals surface area contributed by atoms with E-state index in [-0.39, 0.29) is 5.69 Å². The zero-order chi connectivity index (χ0) is 9.42. The Bertz CT molecular complexity index is 395. The second-order valence-corrected chi connectivity index (χ2v) is 3.37. The minimum Gasteiger partial charge on any atom is -0.272 e. The molecule has 0 spiro atoms. The van der Waals surface area contributed by atoms with Crippen molar-refractivity contribution < 1.29 is 0 Å². The third kappa shape index (κ3) is 1.32. The van der Waals surface area contributed by atoms with E-state index >= 15 is 0 Å². The van der Waals surface area contributed by atoms with Gasteiger partial charge < -0.3 is 0 Å². The van der Waals surface area contributed by atoms with Gasteiger partial charge in [0.15, 0.2) is 5.82 Å². The molecule has 0 saturated heterocycles. The predicted molar refractivity (Wildman–Crippen MR) is 50.4 cm³/mol. The molecule has 1 aromatic heterocycles. The van der Waals surface area contributed by atoms with Gasteiger partial charge in [-0.3, -0.25) is 4.57 Å². The summed E-state index contributed by atoms with van der Waals surface area (Å²) >= 11 is 0. The van der Waals surface area contributed by atoms with Crippen LogP contribution in [0, 0.1) is 0 Å². The van der Waals surface area contributed by atoms with Gasteiger partial charge in [-0.2, -0.15) is 5.10 Å². The van der Waals surface area contributed by atoms with E-state index in [0.29, 0.717) is 6.04 Å². The van der Waals surface area contributed by atoms with Crippen LogP contribution in [0.5, 0.6) is 0 Å². The molecule has 1 aromatic rings. The summed E-state index contributed by atoms with van der Waals surface area (Å²) in [6.07, 6.45) is 5.99. The summed E-state index contributed by atoms with van der Waals surface area (Å²) in [7, 11) is 1.69. The fourth-order valence-electron chi connectivity index (χ4n) is 1.44. The van der Waals surface area contributed by atoms with Crippen LogP contribution in [0.1, 0.15) is 31.6 Å². The Morgan fingerprint density at radius 3 is 2.77 bits per heavy atom. The van der Waals surface area contributed by atoms with Gasteiger partial charge in [0.2, 0.25) is 0 Å². The Morgan fingerprint density at radius 1 is 1.54 bits per heavy atom. The largest absolute Gasteiger partial charge is 0.346 e. The van der Waals surface area contributed by atoms with Crippen molar-refractivity contribution in [2.45, 2.75) is 25.8 Å². The summed E-state index contributed by atoms with van der Waals surface area (Å²) in [5.74, 6) is 0.775. The SMILES string of the molecule is C/C=C/c1nn(C)c(=O)n1C1CC1. The minimum atomic E-state index is -0.00407. The van der Waals surface area contributed by atoms with Crippen LogP contribution in [0.4, 0.5) is 0 Å². The van der Waals surface area contributed by atoms with Crippen LogP contribution < -0.4 is 5.69 Å². The topological polar surface area (TPSA) is 39.8 Å². The fraction of sp³-hybridized carbons (Fsp3) is 0.556. The van der Waals surface area contributed by atoms with E-state index in [0.717, 1.165) is 18.7 Å². The molecule has 0 amide bonds. The van der Waals surface area contributed by atoms with Crippen molar-refractivity contribution in [3.8, 4) is 0 Å². The van der Waals surface area contributed by atoms with E-state index in [2.05, 4.69) is 5.10 Å². The lowest BCUT2D eigenvalue weighted by molar-refractivity contribution is 0.664. The Labute approximate surface area is 76.5 Å². The van der Waals surface area contributed by atoms with Crippen LogP contribution in [0.2, 0.25) is 0 Å². The lowest BCUT2D eigenvalue weighted by atomic mass is 10.5. The number of rotatable bonds is 2. The molecule has 0 atom stereocenters. The minimum absolute atomic E-state index is 0.00407. The van der Waals surface area contributed by atoms with E-state index in [1.165, 1.54) is 4.68 Å². The van der Waals surface area contributed by atoms with Gasteiger partial charge in [0.1, 0.15) is 0 Å². The first kappa shape index (κ1) is 8.29. The highest BCUT2D eigenvalue weighted by Gasteiger charge is 2.28. The maximum Gasteiger partial charge on any atom is 0.346 e. The van der Waals surface area contributed by atoms with E-state index in [1.807, 2.05) is 19.1 Å². The summed E-state index contributed by atoms with van der Waals surface area (Å²) in [6.45, 7) is 1.93. The maximum atomic E-state index is 11.6. The zero-order valence-electron chi connectivity index (χ0n) is 7.90. The van der Waals surface area contributed by atoms with Gasteiger partial charge in [-0.25, -0.2) is 9.48 Å². The average Bonchev–Trinajstić information content (AvgIpc) is 2.85. The number of aryl methyl sites for hydroxylation is 1. The van der Waals surface area contributed by atoms with Crippen LogP contribution in [0.3, 0.4) is 0 Å². The molecule has 1 fully saturated rings. The highest BCUT2D eigenvalue weighted by molar-refractivity contribution is 5.39. The van der Waals surface area contributed by atoms with Crippen molar-refractivity contribution in [2.75, 3.05) is 0 Å². The second-order valence-electron chi connectivity index (χ2n) is 3.37. The molecule has 0 aliphatic heterocycles. The monoisotopic (exact) mass is 179 g/mol. The van der Waals surface area contributed by atoms with Crippen LogP contribution in [-0.4, -0.2) is 14.3 Å². The van der Waals surface area contributed by atoms with Gasteiger partial charge in [-0.1, -0.05) is 6.08 Å². The summed E-state index contributed by atoms with van der Waals surface area (Å²) < 4.78 is 3.17. The molecular formula is C9H13N3O. The Balaban J connectivity index is 2.54. The Kier molecular flexibility index (Phi) is 1.83. The van der Waals surface area contributed by atoms with Gasteiger partial charge in [0.25, 0.3) is 0 Å². The normalized spacial score (nSPS) is 17.1. The van der Waals surface area contributed by atoms with Crippen LogP contribution in [0.25, 0.3) is 6.08 Å². The van der Waals surface area contributed by atoms with Gasteiger partial charge >= 0.3 is 5.69 Å². The number of allylic oxidation sites excluding steroid dienone is 1. The van der Waals surface area contributed by atoms with E-state index in [4.69, 9.17) is 0 Å². The number of hydrogen-bond donors (Lipinski definition) is 0. The van der Waals surface area contributed by atoms with Gasteiger partial charge in [-0.05, 0) is 25.8 Å². The molecule has 1 heterocycles. The molecule has 0 radical (unpaired) electrons. The molecule has 70 valence electrons. The standard InChI is InChI=1S/C9H13N3O/c1-3-4-8-10-11(2)9(13)12(8)7-5-6-7/h3-4,7H,5-6H2,1-2H3/b4-3+. The lowest BCUT2D eigenvalue weighted by Crippen LogP contribution is -2.22. The van der Waals surface area contributed by atoms with E-state index in [9.17, 15) is 4.79 Å². The van der Waals surface area contributed by atoms with Crippen molar-refractivity contribution in [3.63, 3.8) is 0 Å². The summed E-state index contributed by atoms with van der Waals surface area (Å²) in [5, 5.41) is 4.14. The third-order valence-corrected chi connectivity index (χ3v) is 2.21. The Hall–Kier alpha value is -1.32. The first-order chi connectivity index (χ1) is 6.24. The Morgan fingerprint density at radius 2 is 2.23 bits per heavy atom. The number of nitrogens with zero attached hydrogens (tertiary/aromatic N) is 3. The van der Waals surface area contributed by atoms with Crippen molar-refractivity contribution >= 4 is 6.08 Å². The van der Waals surface area contributed by atoms with Crippen molar-refractivity contribution in [3.05, 3.63) is 22.4 Å². The quantitative estimate of drug-likeness (QED) is 0.678. The smallest absolute Gasteiger partial charge is 0.272 e. The van der Waals surface area contributed by atoms with Crippen LogP contribution >= 0.6 is 0 Å². The number of hydrogen-bond acceptors (Lipinski definition) is 2. The van der Waals surface area contributed by atoms with E-state index < -0.39 is 0 Å². The van der Waals surface area contributed by atoms with Crippen LogP contribution in [0.15, 0.2) is 10.9 Å². The second kappa shape index (κ2) is 2.87.